The first-order chi connectivity index (χ1) is 19.9. The van der Waals surface area contributed by atoms with Crippen LogP contribution in [0.3, 0.4) is 0 Å². The van der Waals surface area contributed by atoms with Gasteiger partial charge in [-0.05, 0) is 0 Å². The van der Waals surface area contributed by atoms with Crippen LogP contribution in [0.15, 0.2) is 39.7 Å². The van der Waals surface area contributed by atoms with E-state index in [1.54, 1.807) is 33.4 Å². The van der Waals surface area contributed by atoms with Gasteiger partial charge in [-0.3, -0.25) is 0 Å². The van der Waals surface area contributed by atoms with Crippen molar-refractivity contribution in [2.75, 3.05) is 0 Å². The minimum Gasteiger partial charge on any atom is -0.147 e. The Morgan fingerprint density at radius 2 is 1.30 bits per heavy atom. The van der Waals surface area contributed by atoms with E-state index in [1.807, 2.05) is 6.55 Å². The molecule has 0 aromatic heterocycles. The zero-order chi connectivity index (χ0) is 29.8. The Hall–Kier alpha value is -0.747. The molecule has 0 radical (unpaired) electrons. The van der Waals surface area contributed by atoms with Crippen molar-refractivity contribution < 1.29 is 21.3 Å². The van der Waals surface area contributed by atoms with E-state index in [4.69, 9.17) is 0 Å². The Balaban J connectivity index is 0.00000221. The van der Waals surface area contributed by atoms with Gasteiger partial charge in [0.25, 0.3) is 0 Å². The van der Waals surface area contributed by atoms with Crippen LogP contribution in [0.2, 0.25) is 0 Å². The first kappa shape index (κ1) is 36.1. The summed E-state index contributed by atoms with van der Waals surface area (Å²) in [4.78, 5) is 0. The van der Waals surface area contributed by atoms with Gasteiger partial charge in [-0.25, -0.2) is 0 Å². The maximum atomic E-state index is 2.65. The third kappa shape index (κ3) is 7.21. The molecule has 4 aliphatic rings. The van der Waals surface area contributed by atoms with E-state index in [0.717, 1.165) is 18.3 Å². The molecule has 44 heavy (non-hydrogen) atoms. The van der Waals surface area contributed by atoms with Crippen molar-refractivity contribution >= 4 is 31.3 Å². The molecule has 6 rings (SSSR count). The van der Waals surface area contributed by atoms with Crippen molar-refractivity contribution in [1.29, 1.82) is 0 Å². The SMILES string of the molecule is Cc1cc2c(cc1C(C)(C)C)-c1cc(C(C)(C)C)c(C)[c]([Zr]([C]3=CC=CC3)=[C](CC3CCCC3)CC3CCCC3)c1C2.Cl.Cl. The average molecular weight is 713 g/mol. The van der Waals surface area contributed by atoms with Gasteiger partial charge in [0.15, 0.2) is 0 Å². The summed E-state index contributed by atoms with van der Waals surface area (Å²) < 4.78 is 5.85. The van der Waals surface area contributed by atoms with E-state index >= 15 is 0 Å². The monoisotopic (exact) mass is 710 g/mol. The Kier molecular flexibility index (Phi) is 11.6. The van der Waals surface area contributed by atoms with Crippen LogP contribution in [0.25, 0.3) is 11.1 Å². The third-order valence-corrected chi connectivity index (χ3v) is 19.3. The zero-order valence-corrected chi connectivity index (χ0v) is 33.0. The second-order valence-electron chi connectivity index (χ2n) is 16.5. The van der Waals surface area contributed by atoms with Crippen molar-refractivity contribution in [2.45, 2.75) is 143 Å². The quantitative estimate of drug-likeness (QED) is 0.239. The van der Waals surface area contributed by atoms with Crippen molar-refractivity contribution in [3.05, 3.63) is 73.1 Å². The minimum atomic E-state index is -2.36. The van der Waals surface area contributed by atoms with Crippen molar-refractivity contribution in [2.24, 2.45) is 11.8 Å². The number of fused-ring (bicyclic) bond motifs is 3. The molecular weight excluding hydrogens is 655 g/mol. The van der Waals surface area contributed by atoms with Crippen LogP contribution in [-0.2, 0) is 38.5 Å². The second kappa shape index (κ2) is 14.2. The molecule has 2 aromatic rings. The smallest absolute Gasteiger partial charge is 0.147 e. The number of hydrogen-bond donors (Lipinski definition) is 0. The van der Waals surface area contributed by atoms with Gasteiger partial charge in [-0.15, -0.1) is 24.8 Å². The van der Waals surface area contributed by atoms with Gasteiger partial charge in [0.2, 0.25) is 0 Å². The molecule has 2 saturated carbocycles. The van der Waals surface area contributed by atoms with Crippen LogP contribution >= 0.6 is 24.8 Å². The topological polar surface area (TPSA) is 0 Å². The van der Waals surface area contributed by atoms with Crippen LogP contribution in [0.4, 0.5) is 0 Å². The third-order valence-electron chi connectivity index (χ3n) is 11.1. The molecule has 0 atom stereocenters. The molecule has 240 valence electrons. The summed E-state index contributed by atoms with van der Waals surface area (Å²) in [6.07, 6.45) is 24.4. The Bertz CT molecular complexity index is 1440. The van der Waals surface area contributed by atoms with Crippen molar-refractivity contribution in [3.8, 4) is 11.1 Å². The summed E-state index contributed by atoms with van der Waals surface area (Å²) in [5, 5.41) is 0. The summed E-state index contributed by atoms with van der Waals surface area (Å²) in [7, 11) is 0. The van der Waals surface area contributed by atoms with Crippen LogP contribution < -0.4 is 3.27 Å². The molecular formula is C41H58Cl2Zr. The molecule has 0 unspecified atom stereocenters. The Morgan fingerprint density at radius 3 is 1.80 bits per heavy atom. The predicted octanol–water partition coefficient (Wildman–Crippen LogP) is 11.7. The summed E-state index contributed by atoms with van der Waals surface area (Å²) in [5.41, 5.74) is 13.0. The molecule has 0 nitrogen and oxygen atoms in total. The largest absolute Gasteiger partial charge is 0.147 e. The van der Waals surface area contributed by atoms with Crippen LogP contribution in [0.1, 0.15) is 146 Å². The first-order valence-corrected chi connectivity index (χ1v) is 21.0. The molecule has 0 amide bonds. The zero-order valence-electron chi connectivity index (χ0n) is 28.9. The van der Waals surface area contributed by atoms with E-state index < -0.39 is 21.3 Å². The fourth-order valence-corrected chi connectivity index (χ4v) is 18.3. The standard InChI is InChI=1S/C23H29.C13H22.C5H5.2ClH.Zr/c1-14-9-16-11-17-10-15(2)21(23(6,7)8)13-19(17)18(16)12-20(14)22(3,4)5;1-2-7-12(6-1)10-5-11-13-8-3-4-9-13;1-2-4-5-3-1;;;/h9,12-13H,11H2,1-8H3;12-13H,1-4,6-11H2;1-3H,4H2;2*1H;. The molecule has 0 saturated heterocycles. The average Bonchev–Trinajstić information content (AvgIpc) is 3.72. The number of hydrogen-bond acceptors (Lipinski definition) is 0. The van der Waals surface area contributed by atoms with Crippen LogP contribution in [-0.4, -0.2) is 3.21 Å². The molecule has 2 aromatic carbocycles. The molecule has 0 heterocycles. The minimum absolute atomic E-state index is 0. The number of benzene rings is 2. The van der Waals surface area contributed by atoms with Crippen LogP contribution in [0.5, 0.6) is 0 Å². The molecule has 0 bridgehead atoms. The first-order valence-electron chi connectivity index (χ1n) is 17.3. The van der Waals surface area contributed by atoms with E-state index in [-0.39, 0.29) is 35.6 Å². The summed E-state index contributed by atoms with van der Waals surface area (Å²) in [6.45, 7) is 19.4. The van der Waals surface area contributed by atoms with E-state index in [0.29, 0.717) is 0 Å². The van der Waals surface area contributed by atoms with Gasteiger partial charge in [-0.1, -0.05) is 0 Å². The summed E-state index contributed by atoms with van der Waals surface area (Å²) in [6, 6.07) is 7.81. The van der Waals surface area contributed by atoms with Gasteiger partial charge < -0.3 is 0 Å². The molecule has 2 fully saturated rings. The van der Waals surface area contributed by atoms with Gasteiger partial charge >= 0.3 is 267 Å². The molecule has 4 aliphatic carbocycles. The number of allylic oxidation sites excluding steroid dienone is 4. The molecule has 3 heteroatoms. The van der Waals surface area contributed by atoms with E-state index in [9.17, 15) is 0 Å². The van der Waals surface area contributed by atoms with Crippen molar-refractivity contribution in [3.63, 3.8) is 0 Å². The number of halogens is 2. The Morgan fingerprint density at radius 1 is 0.750 bits per heavy atom. The van der Waals surface area contributed by atoms with Gasteiger partial charge in [-0.2, -0.15) is 0 Å². The van der Waals surface area contributed by atoms with Crippen LogP contribution in [0, 0.1) is 25.7 Å². The maximum absolute atomic E-state index is 2.65. The number of aryl methyl sites for hydroxylation is 1. The predicted molar refractivity (Wildman–Crippen MR) is 196 cm³/mol. The van der Waals surface area contributed by atoms with Gasteiger partial charge in [0, 0.05) is 0 Å². The van der Waals surface area contributed by atoms with Gasteiger partial charge in [0.05, 0.1) is 0 Å². The maximum Gasteiger partial charge on any atom is -0.147 e. The molecule has 0 aliphatic heterocycles. The fraction of sp³-hybridized carbons (Fsp3) is 0.585. The van der Waals surface area contributed by atoms with E-state index in [1.165, 1.54) is 81.8 Å². The molecule has 0 spiro atoms. The normalized spacial score (nSPS) is 18.1. The second-order valence-corrected chi connectivity index (χ2v) is 22.9. The number of rotatable bonds is 6. The van der Waals surface area contributed by atoms with Gasteiger partial charge in [0.1, 0.15) is 0 Å². The Labute approximate surface area is 289 Å². The summed E-state index contributed by atoms with van der Waals surface area (Å²) >= 11 is -2.36. The van der Waals surface area contributed by atoms with E-state index in [2.05, 4.69) is 95.0 Å². The van der Waals surface area contributed by atoms with Crippen molar-refractivity contribution in [1.82, 2.24) is 0 Å². The molecule has 0 N–H and O–H groups in total. The summed E-state index contributed by atoms with van der Waals surface area (Å²) in [5.74, 6) is 1.89. The fourth-order valence-electron chi connectivity index (χ4n) is 9.15.